The summed E-state index contributed by atoms with van der Waals surface area (Å²) < 4.78 is 2.39. The summed E-state index contributed by atoms with van der Waals surface area (Å²) in [5.74, 6) is 0. The molecular formula is C20H19ClN2S. The summed E-state index contributed by atoms with van der Waals surface area (Å²) in [6.07, 6.45) is 7.36. The molecule has 2 aromatic heterocycles. The zero-order chi connectivity index (χ0) is 16.1. The summed E-state index contributed by atoms with van der Waals surface area (Å²) in [4.78, 5) is 1.61. The molecule has 0 unspecified atom stereocenters. The van der Waals surface area contributed by atoms with Gasteiger partial charge in [-0.05, 0) is 61.1 Å². The number of benzene rings is 1. The Morgan fingerprint density at radius 3 is 2.92 bits per heavy atom. The smallest absolute Gasteiger partial charge is 0.104 e. The Kier molecular flexibility index (Phi) is 3.55. The largest absolute Gasteiger partial charge is 0.310 e. The van der Waals surface area contributed by atoms with Crippen LogP contribution in [-0.4, -0.2) is 4.57 Å². The van der Waals surface area contributed by atoms with Gasteiger partial charge in [-0.3, -0.25) is 0 Å². The molecule has 0 fully saturated rings. The number of fused-ring (bicyclic) bond motifs is 5. The topological polar surface area (TPSA) is 17.0 Å². The average Bonchev–Trinajstić information content (AvgIpc) is 3.17. The van der Waals surface area contributed by atoms with Crippen molar-refractivity contribution in [2.75, 3.05) is 0 Å². The van der Waals surface area contributed by atoms with Crippen LogP contribution in [0, 0.1) is 0 Å². The predicted octanol–water partition coefficient (Wildman–Crippen LogP) is 5.26. The highest BCUT2D eigenvalue weighted by Gasteiger charge is 2.28. The summed E-state index contributed by atoms with van der Waals surface area (Å²) in [6.45, 7) is 0.931. The Morgan fingerprint density at radius 2 is 2.00 bits per heavy atom. The second kappa shape index (κ2) is 5.76. The van der Waals surface area contributed by atoms with Crippen LogP contribution in [0.3, 0.4) is 0 Å². The number of nitrogens with zero attached hydrogens (tertiary/aromatic N) is 1. The molecule has 4 heteroatoms. The molecule has 0 amide bonds. The molecule has 1 atom stereocenters. The van der Waals surface area contributed by atoms with Gasteiger partial charge in [-0.15, -0.1) is 11.3 Å². The second-order valence-electron chi connectivity index (χ2n) is 6.67. The van der Waals surface area contributed by atoms with Crippen LogP contribution in [-0.2, 0) is 19.4 Å². The summed E-state index contributed by atoms with van der Waals surface area (Å²) in [6, 6.07) is 12.8. The zero-order valence-electron chi connectivity index (χ0n) is 13.4. The minimum atomic E-state index is 0.178. The molecule has 1 aliphatic carbocycles. The van der Waals surface area contributed by atoms with Crippen LogP contribution in [0.2, 0.25) is 5.02 Å². The van der Waals surface area contributed by atoms with Crippen LogP contribution in [0.4, 0.5) is 0 Å². The van der Waals surface area contributed by atoms with Crippen molar-refractivity contribution in [1.82, 2.24) is 9.88 Å². The van der Waals surface area contributed by atoms with Crippen LogP contribution in [0.15, 0.2) is 42.6 Å². The van der Waals surface area contributed by atoms with Crippen molar-refractivity contribution in [2.24, 2.45) is 0 Å². The molecule has 3 heterocycles. The lowest BCUT2D eigenvalue weighted by Gasteiger charge is -2.19. The molecule has 1 N–H and O–H groups in total. The molecule has 0 radical (unpaired) electrons. The number of rotatable bonds is 1. The number of hydrogen-bond donors (Lipinski definition) is 1. The zero-order valence-corrected chi connectivity index (χ0v) is 15.0. The first-order chi connectivity index (χ1) is 11.8. The van der Waals surface area contributed by atoms with Crippen LogP contribution in [0.25, 0.3) is 5.00 Å². The fraction of sp³-hybridized carbons (Fsp3) is 0.300. The highest BCUT2D eigenvalue weighted by atomic mass is 35.5. The van der Waals surface area contributed by atoms with Gasteiger partial charge in [0.15, 0.2) is 0 Å². The van der Waals surface area contributed by atoms with Crippen molar-refractivity contribution in [2.45, 2.75) is 38.3 Å². The van der Waals surface area contributed by atoms with E-state index in [0.29, 0.717) is 0 Å². The van der Waals surface area contributed by atoms with Crippen LogP contribution in [0.1, 0.15) is 46.1 Å². The first-order valence-electron chi connectivity index (χ1n) is 8.61. The standard InChI is InChI=1S/C20H19ClN2S/c21-14-6-3-5-13(11-14)19-17-8-4-10-23(17)20-16(12-22-19)15-7-1-2-9-18(15)24-20/h3-6,8,10-11,19,22H,1-2,7,9,12H2/t19-/m0/s1. The van der Waals surface area contributed by atoms with Crippen molar-refractivity contribution in [3.8, 4) is 5.00 Å². The van der Waals surface area contributed by atoms with Crippen molar-refractivity contribution < 1.29 is 0 Å². The first-order valence-corrected chi connectivity index (χ1v) is 9.80. The molecule has 2 nitrogen and oxygen atoms in total. The third-order valence-corrected chi connectivity index (χ3v) is 6.79. The minimum absolute atomic E-state index is 0.178. The normalized spacial score (nSPS) is 19.3. The number of halogens is 1. The Labute approximate surface area is 151 Å². The van der Waals surface area contributed by atoms with Gasteiger partial charge < -0.3 is 9.88 Å². The molecule has 0 spiro atoms. The second-order valence-corrected chi connectivity index (χ2v) is 8.19. The summed E-state index contributed by atoms with van der Waals surface area (Å²) in [5, 5.41) is 6.00. The van der Waals surface area contributed by atoms with Crippen LogP contribution >= 0.6 is 22.9 Å². The monoisotopic (exact) mass is 354 g/mol. The third-order valence-electron chi connectivity index (χ3n) is 5.22. The average molecular weight is 355 g/mol. The Hall–Kier alpha value is -1.55. The minimum Gasteiger partial charge on any atom is -0.310 e. The summed E-state index contributed by atoms with van der Waals surface area (Å²) in [5.41, 5.74) is 5.65. The first kappa shape index (κ1) is 14.8. The highest BCUT2D eigenvalue weighted by molar-refractivity contribution is 7.15. The van der Waals surface area contributed by atoms with Crippen LogP contribution in [0.5, 0.6) is 0 Å². The van der Waals surface area contributed by atoms with Crippen molar-refractivity contribution in [3.63, 3.8) is 0 Å². The van der Waals surface area contributed by atoms with Gasteiger partial charge in [-0.2, -0.15) is 0 Å². The molecule has 3 aromatic rings. The lowest BCUT2D eigenvalue weighted by atomic mass is 9.95. The van der Waals surface area contributed by atoms with Gasteiger partial charge in [0.05, 0.1) is 6.04 Å². The summed E-state index contributed by atoms with van der Waals surface area (Å²) in [7, 11) is 0. The van der Waals surface area contributed by atoms with Gasteiger partial charge in [0.25, 0.3) is 0 Å². The van der Waals surface area contributed by atoms with E-state index in [0.717, 1.165) is 11.6 Å². The van der Waals surface area contributed by atoms with Gasteiger partial charge in [-0.1, -0.05) is 23.7 Å². The van der Waals surface area contributed by atoms with E-state index >= 15 is 0 Å². The molecule has 122 valence electrons. The number of hydrogen-bond acceptors (Lipinski definition) is 2. The lowest BCUT2D eigenvalue weighted by Crippen LogP contribution is -2.21. The SMILES string of the molecule is Clc1cccc([C@@H]2NCc3c(sc4c3CCCC4)-n3cccc32)c1. The maximum absolute atomic E-state index is 6.24. The van der Waals surface area contributed by atoms with Crippen molar-refractivity contribution in [3.05, 3.63) is 74.9 Å². The fourth-order valence-electron chi connectivity index (χ4n) is 4.09. The Bertz CT molecular complexity index is 908. The third kappa shape index (κ3) is 2.26. The number of nitrogens with one attached hydrogen (secondary N) is 1. The van der Waals surface area contributed by atoms with Crippen molar-refractivity contribution >= 4 is 22.9 Å². The van der Waals surface area contributed by atoms with Crippen LogP contribution < -0.4 is 5.32 Å². The van der Waals surface area contributed by atoms with Gasteiger partial charge >= 0.3 is 0 Å². The predicted molar refractivity (Wildman–Crippen MR) is 100 cm³/mol. The molecule has 5 rings (SSSR count). The van der Waals surface area contributed by atoms with E-state index in [1.54, 1.807) is 10.4 Å². The Balaban J connectivity index is 1.65. The molecule has 0 bridgehead atoms. The van der Waals surface area contributed by atoms with E-state index < -0.39 is 0 Å². The maximum Gasteiger partial charge on any atom is 0.104 e. The van der Waals surface area contributed by atoms with E-state index in [1.807, 2.05) is 23.5 Å². The number of thiophene rings is 1. The fourth-order valence-corrected chi connectivity index (χ4v) is 5.70. The van der Waals surface area contributed by atoms with Gasteiger partial charge in [0.1, 0.15) is 5.00 Å². The summed E-state index contributed by atoms with van der Waals surface area (Å²) >= 11 is 8.23. The molecule has 1 aliphatic heterocycles. The van der Waals surface area contributed by atoms with E-state index in [4.69, 9.17) is 11.6 Å². The molecule has 24 heavy (non-hydrogen) atoms. The van der Waals surface area contributed by atoms with E-state index in [1.165, 1.54) is 47.5 Å². The molecule has 0 saturated carbocycles. The molecule has 2 aliphatic rings. The molecule has 1 aromatic carbocycles. The van der Waals surface area contributed by atoms with Crippen molar-refractivity contribution in [1.29, 1.82) is 0 Å². The van der Waals surface area contributed by atoms with E-state index in [2.05, 4.69) is 40.3 Å². The quantitative estimate of drug-likeness (QED) is 0.630. The molecular weight excluding hydrogens is 336 g/mol. The van der Waals surface area contributed by atoms with E-state index in [-0.39, 0.29) is 6.04 Å². The highest BCUT2D eigenvalue weighted by Crippen LogP contribution is 2.40. The van der Waals surface area contributed by atoms with Gasteiger partial charge in [-0.25, -0.2) is 0 Å². The number of aryl methyl sites for hydroxylation is 1. The van der Waals surface area contributed by atoms with Gasteiger partial charge in [0.2, 0.25) is 0 Å². The van der Waals surface area contributed by atoms with Gasteiger partial charge in [0, 0.05) is 33.9 Å². The Morgan fingerprint density at radius 1 is 1.08 bits per heavy atom. The number of aromatic nitrogens is 1. The maximum atomic E-state index is 6.24. The molecule has 0 saturated heterocycles. The van der Waals surface area contributed by atoms with E-state index in [9.17, 15) is 0 Å². The lowest BCUT2D eigenvalue weighted by molar-refractivity contribution is 0.595.